The number of rotatable bonds is 4. The molecule has 0 spiro atoms. The normalized spacial score (nSPS) is 29.1. The van der Waals surface area contributed by atoms with Crippen molar-refractivity contribution in [1.82, 2.24) is 4.90 Å². The van der Waals surface area contributed by atoms with Gasteiger partial charge in [0.25, 0.3) is 11.4 Å². The molecule has 25 heavy (non-hydrogen) atoms. The molecule has 0 aromatic heterocycles. The summed E-state index contributed by atoms with van der Waals surface area (Å²) < 4.78 is 0. The first-order chi connectivity index (χ1) is 12.0. The van der Waals surface area contributed by atoms with Gasteiger partial charge in [-0.15, -0.1) is 0 Å². The summed E-state index contributed by atoms with van der Waals surface area (Å²) in [5.41, 5.74) is 0.0711. The second-order valence-corrected chi connectivity index (χ2v) is 7.45. The van der Waals surface area contributed by atoms with Crippen LogP contribution in [0.4, 0.5) is 17.1 Å². The average molecular weight is 346 g/mol. The highest BCUT2D eigenvalue weighted by Gasteiger charge is 2.43. The third kappa shape index (κ3) is 2.95. The van der Waals surface area contributed by atoms with Crippen LogP contribution in [0.3, 0.4) is 0 Å². The second-order valence-electron chi connectivity index (χ2n) is 7.45. The summed E-state index contributed by atoms with van der Waals surface area (Å²) in [6.45, 7) is 3.27. The highest BCUT2D eigenvalue weighted by atomic mass is 16.6. The number of nitro benzene ring substituents is 2. The molecule has 2 aliphatic carbocycles. The van der Waals surface area contributed by atoms with Gasteiger partial charge in [-0.05, 0) is 37.2 Å². The van der Waals surface area contributed by atoms with E-state index in [1.165, 1.54) is 37.8 Å². The van der Waals surface area contributed by atoms with Crippen LogP contribution in [0, 0.1) is 32.1 Å². The molecule has 2 bridgehead atoms. The molecule has 1 aromatic carbocycles. The minimum Gasteiger partial charge on any atom is -0.363 e. The van der Waals surface area contributed by atoms with Gasteiger partial charge in [0.1, 0.15) is 5.69 Å². The van der Waals surface area contributed by atoms with Crippen molar-refractivity contribution in [2.75, 3.05) is 31.1 Å². The third-order valence-electron chi connectivity index (χ3n) is 6.19. The van der Waals surface area contributed by atoms with Gasteiger partial charge in [0, 0.05) is 38.3 Å². The van der Waals surface area contributed by atoms with Crippen LogP contribution in [0.2, 0.25) is 0 Å². The van der Waals surface area contributed by atoms with Gasteiger partial charge in [-0.3, -0.25) is 25.1 Å². The molecule has 8 heteroatoms. The molecule has 3 unspecified atom stereocenters. The first kappa shape index (κ1) is 16.3. The van der Waals surface area contributed by atoms with Crippen molar-refractivity contribution >= 4 is 17.1 Å². The van der Waals surface area contributed by atoms with Gasteiger partial charge in [-0.25, -0.2) is 0 Å². The standard InChI is InChI=1S/C17H22N4O4/c22-20(23)14-3-4-15(17(11-14)21(24)25)18-5-7-19(8-6-18)16-10-12-1-2-13(16)9-12/h3-4,11-13,16H,1-2,5-10H2. The quantitative estimate of drug-likeness (QED) is 0.615. The van der Waals surface area contributed by atoms with Crippen molar-refractivity contribution in [2.24, 2.45) is 11.8 Å². The van der Waals surface area contributed by atoms with E-state index in [-0.39, 0.29) is 11.4 Å². The fourth-order valence-corrected chi connectivity index (χ4v) is 4.99. The lowest BCUT2D eigenvalue weighted by Gasteiger charge is -2.41. The van der Waals surface area contributed by atoms with Crippen molar-refractivity contribution in [3.8, 4) is 0 Å². The van der Waals surface area contributed by atoms with Gasteiger partial charge in [0.2, 0.25) is 0 Å². The predicted molar refractivity (Wildman–Crippen MR) is 92.8 cm³/mol. The lowest BCUT2D eigenvalue weighted by molar-refractivity contribution is -0.393. The van der Waals surface area contributed by atoms with Crippen molar-refractivity contribution in [3.05, 3.63) is 38.4 Å². The number of hydrogen-bond acceptors (Lipinski definition) is 6. The van der Waals surface area contributed by atoms with Crippen LogP contribution in [0.1, 0.15) is 25.7 Å². The highest BCUT2D eigenvalue weighted by Crippen LogP contribution is 2.47. The zero-order valence-electron chi connectivity index (χ0n) is 14.0. The third-order valence-corrected chi connectivity index (χ3v) is 6.19. The largest absolute Gasteiger partial charge is 0.363 e. The Morgan fingerprint density at radius 2 is 1.72 bits per heavy atom. The number of anilines is 1. The van der Waals surface area contributed by atoms with E-state index in [0.717, 1.165) is 44.1 Å². The minimum atomic E-state index is -0.593. The number of nitrogens with zero attached hydrogens (tertiary/aromatic N) is 4. The van der Waals surface area contributed by atoms with E-state index in [2.05, 4.69) is 4.90 Å². The van der Waals surface area contributed by atoms with Crippen LogP contribution >= 0.6 is 0 Å². The van der Waals surface area contributed by atoms with Crippen LogP contribution < -0.4 is 4.90 Å². The zero-order chi connectivity index (χ0) is 17.6. The second kappa shape index (κ2) is 6.25. The minimum absolute atomic E-state index is 0.178. The number of non-ortho nitro benzene ring substituents is 1. The van der Waals surface area contributed by atoms with Crippen LogP contribution in [-0.2, 0) is 0 Å². The topological polar surface area (TPSA) is 92.8 Å². The molecule has 134 valence electrons. The predicted octanol–water partition coefficient (Wildman–Crippen LogP) is 2.81. The molecule has 0 N–H and O–H groups in total. The SMILES string of the molecule is O=[N+]([O-])c1ccc(N2CCN(C3CC4CCC3C4)CC2)c([N+](=O)[O-])c1. The number of piperazine rings is 1. The lowest BCUT2D eigenvalue weighted by atomic mass is 9.93. The Hall–Kier alpha value is -2.22. The molecule has 3 aliphatic rings. The van der Waals surface area contributed by atoms with Crippen LogP contribution in [0.15, 0.2) is 18.2 Å². The molecular formula is C17H22N4O4. The molecule has 3 atom stereocenters. The first-order valence-corrected chi connectivity index (χ1v) is 8.95. The fourth-order valence-electron chi connectivity index (χ4n) is 4.99. The Morgan fingerprint density at radius 3 is 2.28 bits per heavy atom. The van der Waals surface area contributed by atoms with Gasteiger partial charge in [-0.1, -0.05) is 6.42 Å². The average Bonchev–Trinajstić information content (AvgIpc) is 3.24. The summed E-state index contributed by atoms with van der Waals surface area (Å²) in [7, 11) is 0. The van der Waals surface area contributed by atoms with Crippen molar-refractivity contribution in [2.45, 2.75) is 31.7 Å². The summed E-state index contributed by atoms with van der Waals surface area (Å²) >= 11 is 0. The van der Waals surface area contributed by atoms with Gasteiger partial charge in [0.15, 0.2) is 0 Å². The Kier molecular flexibility index (Phi) is 4.07. The zero-order valence-corrected chi connectivity index (χ0v) is 14.0. The maximum absolute atomic E-state index is 11.3. The Bertz CT molecular complexity index is 702. The van der Waals surface area contributed by atoms with Gasteiger partial charge >= 0.3 is 0 Å². The van der Waals surface area contributed by atoms with E-state index in [4.69, 9.17) is 0 Å². The molecule has 0 radical (unpaired) electrons. The molecule has 4 rings (SSSR count). The number of fused-ring (bicyclic) bond motifs is 2. The van der Waals surface area contributed by atoms with Crippen molar-refractivity contribution < 1.29 is 9.85 Å². The molecular weight excluding hydrogens is 324 g/mol. The Balaban J connectivity index is 1.47. The summed E-state index contributed by atoms with van der Waals surface area (Å²) in [6.07, 6.45) is 5.42. The van der Waals surface area contributed by atoms with E-state index in [0.29, 0.717) is 11.7 Å². The summed E-state index contributed by atoms with van der Waals surface area (Å²) in [5, 5.41) is 22.2. The molecule has 1 aliphatic heterocycles. The van der Waals surface area contributed by atoms with E-state index < -0.39 is 9.85 Å². The van der Waals surface area contributed by atoms with Crippen LogP contribution in [0.5, 0.6) is 0 Å². The van der Waals surface area contributed by atoms with E-state index in [1.807, 2.05) is 4.90 Å². The van der Waals surface area contributed by atoms with Gasteiger partial charge in [0.05, 0.1) is 15.9 Å². The summed E-state index contributed by atoms with van der Waals surface area (Å²) in [5.74, 6) is 1.74. The number of hydrogen-bond donors (Lipinski definition) is 0. The molecule has 1 saturated heterocycles. The van der Waals surface area contributed by atoms with E-state index in [9.17, 15) is 20.2 Å². The summed E-state index contributed by atoms with van der Waals surface area (Å²) in [4.78, 5) is 25.7. The van der Waals surface area contributed by atoms with Gasteiger partial charge in [-0.2, -0.15) is 0 Å². The maximum atomic E-state index is 11.3. The summed E-state index contributed by atoms with van der Waals surface area (Å²) in [6, 6.07) is 4.62. The fraction of sp³-hybridized carbons (Fsp3) is 0.647. The first-order valence-electron chi connectivity index (χ1n) is 8.95. The van der Waals surface area contributed by atoms with E-state index in [1.54, 1.807) is 0 Å². The number of benzene rings is 1. The molecule has 1 heterocycles. The maximum Gasteiger partial charge on any atom is 0.299 e. The monoisotopic (exact) mass is 346 g/mol. The van der Waals surface area contributed by atoms with E-state index >= 15 is 0 Å². The highest BCUT2D eigenvalue weighted by molar-refractivity contribution is 5.67. The van der Waals surface area contributed by atoms with Crippen LogP contribution in [0.25, 0.3) is 0 Å². The molecule has 2 saturated carbocycles. The van der Waals surface area contributed by atoms with Crippen molar-refractivity contribution in [3.63, 3.8) is 0 Å². The molecule has 8 nitrogen and oxygen atoms in total. The molecule has 1 aromatic rings. The Morgan fingerprint density at radius 1 is 0.960 bits per heavy atom. The lowest BCUT2D eigenvalue weighted by Crippen LogP contribution is -2.51. The van der Waals surface area contributed by atoms with Crippen LogP contribution in [-0.4, -0.2) is 47.0 Å². The molecule has 3 fully saturated rings. The smallest absolute Gasteiger partial charge is 0.299 e. The molecule has 0 amide bonds. The van der Waals surface area contributed by atoms with Crippen molar-refractivity contribution in [1.29, 1.82) is 0 Å². The number of nitro groups is 2. The van der Waals surface area contributed by atoms with Gasteiger partial charge < -0.3 is 4.90 Å². The Labute approximate surface area is 145 Å².